The highest BCUT2D eigenvalue weighted by molar-refractivity contribution is 6.32. The van der Waals surface area contributed by atoms with Crippen molar-refractivity contribution in [1.82, 2.24) is 5.32 Å². The summed E-state index contributed by atoms with van der Waals surface area (Å²) in [5.41, 5.74) is 1.11. The van der Waals surface area contributed by atoms with Gasteiger partial charge in [0.05, 0.1) is 18.2 Å². The summed E-state index contributed by atoms with van der Waals surface area (Å²) in [7, 11) is 0. The highest BCUT2D eigenvalue weighted by Gasteiger charge is 2.18. The lowest BCUT2D eigenvalue weighted by atomic mass is 10.1. The van der Waals surface area contributed by atoms with Crippen LogP contribution in [0.2, 0.25) is 5.02 Å². The molecule has 3 nitrogen and oxygen atoms in total. The number of hydrogen-bond donors (Lipinski definition) is 1. The second-order valence-electron chi connectivity index (χ2n) is 5.30. The van der Waals surface area contributed by atoms with E-state index >= 15 is 0 Å². The molecule has 0 amide bonds. The highest BCUT2D eigenvalue weighted by Crippen LogP contribution is 2.29. The number of hydrogen-bond acceptors (Lipinski definition) is 3. The van der Waals surface area contributed by atoms with Gasteiger partial charge in [-0.2, -0.15) is 0 Å². The van der Waals surface area contributed by atoms with Crippen molar-refractivity contribution in [2.24, 2.45) is 5.92 Å². The van der Waals surface area contributed by atoms with Gasteiger partial charge in [-0.15, -0.1) is 0 Å². The molecule has 1 aromatic carbocycles. The summed E-state index contributed by atoms with van der Waals surface area (Å²) in [6, 6.07) is 6.34. The van der Waals surface area contributed by atoms with Crippen LogP contribution in [0.15, 0.2) is 18.2 Å². The van der Waals surface area contributed by atoms with Gasteiger partial charge >= 0.3 is 0 Å². The number of nitrogens with one attached hydrogen (secondary N) is 1. The fraction of sp³-hybridized carbons (Fsp3) is 0.600. The maximum Gasteiger partial charge on any atom is 0.142 e. The molecule has 1 N–H and O–H groups in total. The first kappa shape index (κ1) is 14.6. The lowest BCUT2D eigenvalue weighted by Crippen LogP contribution is -2.22. The molecule has 1 atom stereocenters. The van der Waals surface area contributed by atoms with E-state index in [9.17, 15) is 0 Å². The quantitative estimate of drug-likeness (QED) is 0.869. The van der Waals surface area contributed by atoms with Gasteiger partial charge in [-0.05, 0) is 12.5 Å². The smallest absolute Gasteiger partial charge is 0.142 e. The van der Waals surface area contributed by atoms with E-state index in [1.165, 1.54) is 0 Å². The first-order chi connectivity index (χ1) is 9.16. The fourth-order valence-corrected chi connectivity index (χ4v) is 2.33. The van der Waals surface area contributed by atoms with Crippen LogP contribution in [0.25, 0.3) is 0 Å². The Balaban J connectivity index is 1.99. The number of ether oxygens (including phenoxy) is 2. The first-order valence-corrected chi connectivity index (χ1v) is 7.26. The number of rotatable bonds is 6. The summed E-state index contributed by atoms with van der Waals surface area (Å²) in [5, 5.41) is 4.08. The fourth-order valence-electron chi connectivity index (χ4n) is 2.08. The van der Waals surface area contributed by atoms with Crippen molar-refractivity contribution < 1.29 is 9.47 Å². The third-order valence-electron chi connectivity index (χ3n) is 3.24. The number of para-hydroxylation sites is 1. The Morgan fingerprint density at radius 1 is 1.47 bits per heavy atom. The molecule has 2 rings (SSSR count). The molecule has 1 saturated heterocycles. The van der Waals surface area contributed by atoms with Gasteiger partial charge in [0.1, 0.15) is 5.75 Å². The molecule has 1 aliphatic heterocycles. The molecular weight excluding hydrogens is 262 g/mol. The third kappa shape index (κ3) is 4.37. The minimum absolute atomic E-state index is 0.440. The summed E-state index contributed by atoms with van der Waals surface area (Å²) in [5.74, 6) is 1.30. The molecule has 1 heterocycles. The molecule has 1 aliphatic rings. The zero-order valence-corrected chi connectivity index (χ0v) is 12.4. The molecule has 1 aromatic rings. The monoisotopic (exact) mass is 283 g/mol. The average Bonchev–Trinajstić information content (AvgIpc) is 2.88. The van der Waals surface area contributed by atoms with Crippen molar-refractivity contribution in [3.63, 3.8) is 0 Å². The van der Waals surface area contributed by atoms with E-state index in [1.54, 1.807) is 0 Å². The second kappa shape index (κ2) is 7.13. The second-order valence-corrected chi connectivity index (χ2v) is 5.71. The van der Waals surface area contributed by atoms with E-state index < -0.39 is 0 Å². The Bertz CT molecular complexity index is 403. The Morgan fingerprint density at radius 3 is 3.00 bits per heavy atom. The Labute approximate surface area is 120 Å². The van der Waals surface area contributed by atoms with E-state index in [0.29, 0.717) is 23.6 Å². The first-order valence-electron chi connectivity index (χ1n) is 6.88. The molecule has 0 aromatic heterocycles. The normalized spacial score (nSPS) is 19.1. The topological polar surface area (TPSA) is 30.5 Å². The third-order valence-corrected chi connectivity index (χ3v) is 3.53. The largest absolute Gasteiger partial charge is 0.491 e. The summed E-state index contributed by atoms with van der Waals surface area (Å²) < 4.78 is 11.3. The molecule has 1 fully saturated rings. The lowest BCUT2D eigenvalue weighted by Gasteiger charge is -2.16. The molecule has 0 aliphatic carbocycles. The van der Waals surface area contributed by atoms with Crippen LogP contribution in [-0.2, 0) is 11.3 Å². The Morgan fingerprint density at radius 2 is 2.32 bits per heavy atom. The zero-order valence-electron chi connectivity index (χ0n) is 11.6. The minimum Gasteiger partial charge on any atom is -0.491 e. The molecular formula is C15H22ClNO2. The van der Waals surface area contributed by atoms with Crippen LogP contribution >= 0.6 is 11.6 Å². The maximum absolute atomic E-state index is 6.25. The van der Waals surface area contributed by atoms with Gasteiger partial charge in [-0.3, -0.25) is 0 Å². The molecule has 4 heteroatoms. The summed E-state index contributed by atoms with van der Waals surface area (Å²) in [4.78, 5) is 0. The van der Waals surface area contributed by atoms with E-state index in [2.05, 4.69) is 25.2 Å². The number of halogens is 1. The molecule has 1 unspecified atom stereocenters. The van der Waals surface area contributed by atoms with Gasteiger partial charge in [-0.1, -0.05) is 37.6 Å². The highest BCUT2D eigenvalue weighted by atomic mass is 35.5. The SMILES string of the molecule is CC(C)NCc1cccc(Cl)c1OCC1CCOC1. The van der Waals surface area contributed by atoms with Crippen LogP contribution in [0.5, 0.6) is 5.75 Å². The van der Waals surface area contributed by atoms with E-state index in [0.717, 1.165) is 37.5 Å². The predicted octanol–water partition coefficient (Wildman–Crippen LogP) is 3.25. The van der Waals surface area contributed by atoms with Gasteiger partial charge in [0.15, 0.2) is 0 Å². The van der Waals surface area contributed by atoms with Crippen molar-refractivity contribution in [3.8, 4) is 5.75 Å². The molecule has 0 spiro atoms. The van der Waals surface area contributed by atoms with E-state index in [4.69, 9.17) is 21.1 Å². The molecule has 0 radical (unpaired) electrons. The number of benzene rings is 1. The van der Waals surface area contributed by atoms with Crippen LogP contribution in [-0.4, -0.2) is 25.9 Å². The predicted molar refractivity (Wildman–Crippen MR) is 77.8 cm³/mol. The Hall–Kier alpha value is -0.770. The van der Waals surface area contributed by atoms with Gasteiger partial charge in [0, 0.05) is 30.7 Å². The van der Waals surface area contributed by atoms with Gasteiger partial charge in [0.2, 0.25) is 0 Å². The molecule has 106 valence electrons. The van der Waals surface area contributed by atoms with E-state index in [-0.39, 0.29) is 0 Å². The van der Waals surface area contributed by atoms with Crippen molar-refractivity contribution in [2.75, 3.05) is 19.8 Å². The minimum atomic E-state index is 0.440. The molecule has 0 bridgehead atoms. The van der Waals surface area contributed by atoms with Crippen LogP contribution < -0.4 is 10.1 Å². The van der Waals surface area contributed by atoms with Crippen LogP contribution in [0.1, 0.15) is 25.8 Å². The summed E-state index contributed by atoms with van der Waals surface area (Å²) in [6.07, 6.45) is 1.07. The summed E-state index contributed by atoms with van der Waals surface area (Å²) >= 11 is 6.25. The standard InChI is InChI=1S/C15H22ClNO2/c1-11(2)17-8-13-4-3-5-14(16)15(13)19-10-12-6-7-18-9-12/h3-5,11-12,17H,6-10H2,1-2H3. The zero-order chi connectivity index (χ0) is 13.7. The lowest BCUT2D eigenvalue weighted by molar-refractivity contribution is 0.166. The van der Waals surface area contributed by atoms with Gasteiger partial charge < -0.3 is 14.8 Å². The van der Waals surface area contributed by atoms with Crippen molar-refractivity contribution in [1.29, 1.82) is 0 Å². The van der Waals surface area contributed by atoms with Crippen LogP contribution in [0, 0.1) is 5.92 Å². The van der Waals surface area contributed by atoms with E-state index in [1.807, 2.05) is 12.1 Å². The van der Waals surface area contributed by atoms with Crippen molar-refractivity contribution in [3.05, 3.63) is 28.8 Å². The van der Waals surface area contributed by atoms with Gasteiger partial charge in [0.25, 0.3) is 0 Å². The van der Waals surface area contributed by atoms with Crippen LogP contribution in [0.4, 0.5) is 0 Å². The van der Waals surface area contributed by atoms with Gasteiger partial charge in [-0.25, -0.2) is 0 Å². The average molecular weight is 284 g/mol. The summed E-state index contributed by atoms with van der Waals surface area (Å²) in [6.45, 7) is 7.34. The van der Waals surface area contributed by atoms with Crippen molar-refractivity contribution >= 4 is 11.6 Å². The maximum atomic E-state index is 6.25. The molecule has 19 heavy (non-hydrogen) atoms. The van der Waals surface area contributed by atoms with Crippen molar-refractivity contribution in [2.45, 2.75) is 32.9 Å². The molecule has 0 saturated carbocycles. The van der Waals surface area contributed by atoms with Crippen LogP contribution in [0.3, 0.4) is 0 Å². The Kier molecular flexibility index (Phi) is 5.49.